The van der Waals surface area contributed by atoms with Gasteiger partial charge in [0.25, 0.3) is 5.91 Å². The summed E-state index contributed by atoms with van der Waals surface area (Å²) in [6.07, 6.45) is 5.85. The molecule has 1 aromatic heterocycles. The Morgan fingerprint density at radius 1 is 1.13 bits per heavy atom. The van der Waals surface area contributed by atoms with E-state index in [0.29, 0.717) is 16.6 Å². The number of hydrogen-bond acceptors (Lipinski definition) is 4. The van der Waals surface area contributed by atoms with E-state index < -0.39 is 0 Å². The van der Waals surface area contributed by atoms with Crippen molar-refractivity contribution in [2.75, 3.05) is 45.8 Å². The second kappa shape index (κ2) is 6.38. The first-order valence-corrected chi connectivity index (χ1v) is 8.95. The van der Waals surface area contributed by atoms with Gasteiger partial charge in [0.15, 0.2) is 0 Å². The molecular formula is C17H23ClN4O. The zero-order valence-corrected chi connectivity index (χ0v) is 14.1. The maximum atomic E-state index is 12.6. The van der Waals surface area contributed by atoms with Crippen LogP contribution in [-0.2, 0) is 0 Å². The molecule has 0 N–H and O–H groups in total. The standard InChI is InChI=1S/C17H23ClN4O/c18-15-11-19-4-1-14(15)17(23)22-9-7-21(8-10-22)16-12-20-5-2-13(16)3-6-20/h1,4,11,13,16H,2-3,5-10,12H2. The average Bonchev–Trinajstić information content (AvgIpc) is 2.63. The highest BCUT2D eigenvalue weighted by Crippen LogP contribution is 2.31. The van der Waals surface area contributed by atoms with Crippen molar-refractivity contribution in [2.24, 2.45) is 5.92 Å². The Labute approximate surface area is 142 Å². The summed E-state index contributed by atoms with van der Waals surface area (Å²) >= 11 is 6.11. The van der Waals surface area contributed by atoms with Crippen molar-refractivity contribution >= 4 is 17.5 Å². The summed E-state index contributed by atoms with van der Waals surface area (Å²) < 4.78 is 0. The van der Waals surface area contributed by atoms with Gasteiger partial charge in [0.2, 0.25) is 0 Å². The van der Waals surface area contributed by atoms with Crippen molar-refractivity contribution in [1.82, 2.24) is 19.7 Å². The maximum absolute atomic E-state index is 12.6. The number of nitrogens with zero attached hydrogens (tertiary/aromatic N) is 4. The van der Waals surface area contributed by atoms with E-state index in [0.717, 1.165) is 32.1 Å². The van der Waals surface area contributed by atoms with E-state index in [-0.39, 0.29) is 5.91 Å². The molecule has 23 heavy (non-hydrogen) atoms. The largest absolute Gasteiger partial charge is 0.336 e. The number of fused-ring (bicyclic) bond motifs is 3. The van der Waals surface area contributed by atoms with E-state index in [2.05, 4.69) is 14.8 Å². The summed E-state index contributed by atoms with van der Waals surface area (Å²) in [5, 5.41) is 0.442. The predicted molar refractivity (Wildman–Crippen MR) is 89.7 cm³/mol. The van der Waals surface area contributed by atoms with Crippen LogP contribution in [0.2, 0.25) is 5.02 Å². The molecule has 0 saturated carbocycles. The molecule has 4 aliphatic rings. The molecule has 5 heterocycles. The van der Waals surface area contributed by atoms with Gasteiger partial charge in [-0.15, -0.1) is 0 Å². The number of aromatic nitrogens is 1. The third-order valence-corrected chi connectivity index (χ3v) is 6.00. The van der Waals surface area contributed by atoms with Gasteiger partial charge in [0, 0.05) is 51.2 Å². The second-order valence-electron chi connectivity index (χ2n) is 6.89. The van der Waals surface area contributed by atoms with Gasteiger partial charge in [0.05, 0.1) is 10.6 Å². The molecule has 2 bridgehead atoms. The van der Waals surface area contributed by atoms with Crippen LogP contribution in [0.15, 0.2) is 18.5 Å². The van der Waals surface area contributed by atoms with Gasteiger partial charge in [-0.25, -0.2) is 0 Å². The van der Waals surface area contributed by atoms with Crippen molar-refractivity contribution < 1.29 is 4.79 Å². The van der Waals surface area contributed by atoms with Gasteiger partial charge in [-0.1, -0.05) is 11.6 Å². The van der Waals surface area contributed by atoms with Gasteiger partial charge in [0.1, 0.15) is 0 Å². The molecule has 1 aromatic rings. The van der Waals surface area contributed by atoms with Crippen LogP contribution in [0.1, 0.15) is 23.2 Å². The monoisotopic (exact) mass is 334 g/mol. The SMILES string of the molecule is O=C(c1ccncc1Cl)N1CCN(C2CN3CCC2CC3)CC1. The quantitative estimate of drug-likeness (QED) is 0.823. The van der Waals surface area contributed by atoms with E-state index in [1.165, 1.54) is 38.7 Å². The molecule has 124 valence electrons. The molecule has 0 spiro atoms. The molecule has 5 rings (SSSR count). The van der Waals surface area contributed by atoms with Crippen LogP contribution in [0.25, 0.3) is 0 Å². The van der Waals surface area contributed by atoms with Gasteiger partial charge < -0.3 is 9.80 Å². The fourth-order valence-corrected chi connectivity index (χ4v) is 4.52. The van der Waals surface area contributed by atoms with Gasteiger partial charge in [-0.3, -0.25) is 14.7 Å². The lowest BCUT2D eigenvalue weighted by atomic mass is 9.83. The lowest BCUT2D eigenvalue weighted by Crippen LogP contribution is -2.61. The zero-order valence-electron chi connectivity index (χ0n) is 13.3. The third kappa shape index (κ3) is 2.97. The molecule has 1 amide bonds. The smallest absolute Gasteiger partial charge is 0.255 e. The van der Waals surface area contributed by atoms with Crippen LogP contribution in [0.3, 0.4) is 0 Å². The molecule has 0 aromatic carbocycles. The molecule has 4 saturated heterocycles. The van der Waals surface area contributed by atoms with E-state index in [9.17, 15) is 4.79 Å². The number of halogens is 1. The molecule has 1 atom stereocenters. The molecule has 1 unspecified atom stereocenters. The fourth-order valence-electron chi connectivity index (χ4n) is 4.32. The summed E-state index contributed by atoms with van der Waals surface area (Å²) in [5.74, 6) is 0.892. The number of rotatable bonds is 2. The molecule has 6 heteroatoms. The number of amides is 1. The Hall–Kier alpha value is -1.17. The van der Waals surface area contributed by atoms with E-state index >= 15 is 0 Å². The lowest BCUT2D eigenvalue weighted by Gasteiger charge is -2.51. The Morgan fingerprint density at radius 2 is 1.87 bits per heavy atom. The highest BCUT2D eigenvalue weighted by molar-refractivity contribution is 6.33. The first kappa shape index (κ1) is 15.4. The van der Waals surface area contributed by atoms with Crippen LogP contribution in [0.4, 0.5) is 0 Å². The second-order valence-corrected chi connectivity index (χ2v) is 7.30. The number of carbonyl (C=O) groups is 1. The van der Waals surface area contributed by atoms with Crippen LogP contribution >= 0.6 is 11.6 Å². The highest BCUT2D eigenvalue weighted by Gasteiger charge is 2.38. The highest BCUT2D eigenvalue weighted by atomic mass is 35.5. The van der Waals surface area contributed by atoms with Crippen LogP contribution in [0, 0.1) is 5.92 Å². The summed E-state index contributed by atoms with van der Waals surface area (Å²) in [4.78, 5) is 23.7. The average molecular weight is 335 g/mol. The first-order valence-electron chi connectivity index (χ1n) is 8.57. The normalized spacial score (nSPS) is 31.3. The number of piperazine rings is 1. The van der Waals surface area contributed by atoms with Crippen molar-refractivity contribution in [1.29, 1.82) is 0 Å². The third-order valence-electron chi connectivity index (χ3n) is 5.69. The number of piperidine rings is 3. The summed E-state index contributed by atoms with van der Waals surface area (Å²) in [6.45, 7) is 7.31. The molecule has 4 fully saturated rings. The minimum Gasteiger partial charge on any atom is -0.336 e. The van der Waals surface area contributed by atoms with Crippen molar-refractivity contribution in [3.8, 4) is 0 Å². The van der Waals surface area contributed by atoms with E-state index in [1.807, 2.05) is 4.90 Å². The lowest BCUT2D eigenvalue weighted by molar-refractivity contribution is -0.0131. The molecule has 0 aliphatic carbocycles. The Kier molecular flexibility index (Phi) is 4.26. The first-order chi connectivity index (χ1) is 11.2. The summed E-state index contributed by atoms with van der Waals surface area (Å²) in [5.41, 5.74) is 0.568. The Bertz CT molecular complexity index is 580. The van der Waals surface area contributed by atoms with Crippen molar-refractivity contribution in [3.63, 3.8) is 0 Å². The zero-order chi connectivity index (χ0) is 15.8. The van der Waals surface area contributed by atoms with E-state index in [1.54, 1.807) is 12.3 Å². The van der Waals surface area contributed by atoms with Crippen LogP contribution < -0.4 is 0 Å². The fraction of sp³-hybridized carbons (Fsp3) is 0.647. The van der Waals surface area contributed by atoms with Crippen molar-refractivity contribution in [3.05, 3.63) is 29.0 Å². The molecule has 4 aliphatic heterocycles. The number of carbonyl (C=O) groups excluding carboxylic acids is 1. The summed E-state index contributed by atoms with van der Waals surface area (Å²) in [6, 6.07) is 2.41. The van der Waals surface area contributed by atoms with Gasteiger partial charge in [-0.2, -0.15) is 0 Å². The minimum atomic E-state index is 0.0333. The number of pyridine rings is 1. The molecule has 0 radical (unpaired) electrons. The summed E-state index contributed by atoms with van der Waals surface area (Å²) in [7, 11) is 0. The Balaban J connectivity index is 1.38. The molecule has 5 nitrogen and oxygen atoms in total. The topological polar surface area (TPSA) is 39.7 Å². The van der Waals surface area contributed by atoms with Crippen LogP contribution in [-0.4, -0.2) is 77.4 Å². The molecular weight excluding hydrogens is 312 g/mol. The van der Waals surface area contributed by atoms with Gasteiger partial charge in [-0.05, 0) is 37.9 Å². The van der Waals surface area contributed by atoms with E-state index in [4.69, 9.17) is 11.6 Å². The maximum Gasteiger partial charge on any atom is 0.255 e. The van der Waals surface area contributed by atoms with Crippen molar-refractivity contribution in [2.45, 2.75) is 18.9 Å². The van der Waals surface area contributed by atoms with Gasteiger partial charge >= 0.3 is 0 Å². The minimum absolute atomic E-state index is 0.0333. The number of hydrogen-bond donors (Lipinski definition) is 0. The Morgan fingerprint density at radius 3 is 2.48 bits per heavy atom. The predicted octanol–water partition coefficient (Wildman–Crippen LogP) is 1.59. The van der Waals surface area contributed by atoms with Crippen LogP contribution in [0.5, 0.6) is 0 Å².